The van der Waals surface area contributed by atoms with E-state index in [1.807, 2.05) is 0 Å². The average molecular weight is 269 g/mol. The standard InChI is InChI=1S/C15H31N3O/c1-6-18(10-11(2)3)13-7-8-15(9-13,14(16)19)17-12(4)5/h11-13,17H,6-10H2,1-5H3,(H2,16,19). The van der Waals surface area contributed by atoms with E-state index in [0.717, 1.165) is 32.4 Å². The Morgan fingerprint density at radius 1 is 1.42 bits per heavy atom. The zero-order chi connectivity index (χ0) is 14.6. The second kappa shape index (κ2) is 6.71. The molecule has 0 aromatic rings. The summed E-state index contributed by atoms with van der Waals surface area (Å²) in [5, 5.41) is 3.42. The van der Waals surface area contributed by atoms with Crippen molar-refractivity contribution in [3.05, 3.63) is 0 Å². The van der Waals surface area contributed by atoms with Crippen LogP contribution in [0, 0.1) is 5.92 Å². The van der Waals surface area contributed by atoms with Gasteiger partial charge in [-0.05, 0) is 45.6 Å². The molecule has 0 heterocycles. The van der Waals surface area contributed by atoms with Gasteiger partial charge in [-0.15, -0.1) is 0 Å². The topological polar surface area (TPSA) is 58.4 Å². The zero-order valence-electron chi connectivity index (χ0n) is 13.2. The first-order valence-corrected chi connectivity index (χ1v) is 7.62. The van der Waals surface area contributed by atoms with Crippen molar-refractivity contribution in [1.82, 2.24) is 10.2 Å². The molecule has 0 radical (unpaired) electrons. The molecule has 0 aromatic heterocycles. The number of amides is 1. The third kappa shape index (κ3) is 4.18. The lowest BCUT2D eigenvalue weighted by atomic mass is 9.95. The van der Waals surface area contributed by atoms with Crippen molar-refractivity contribution in [2.75, 3.05) is 13.1 Å². The molecule has 1 fully saturated rings. The molecule has 4 nitrogen and oxygen atoms in total. The molecule has 1 aliphatic rings. The molecule has 2 atom stereocenters. The molecule has 2 unspecified atom stereocenters. The van der Waals surface area contributed by atoms with Crippen molar-refractivity contribution in [1.29, 1.82) is 0 Å². The maximum atomic E-state index is 11.9. The molecule has 0 aromatic carbocycles. The summed E-state index contributed by atoms with van der Waals surface area (Å²) in [6.07, 6.45) is 2.77. The Bertz CT molecular complexity index is 304. The summed E-state index contributed by atoms with van der Waals surface area (Å²) >= 11 is 0. The van der Waals surface area contributed by atoms with Gasteiger partial charge in [-0.1, -0.05) is 20.8 Å². The van der Waals surface area contributed by atoms with Gasteiger partial charge in [-0.3, -0.25) is 4.79 Å². The van der Waals surface area contributed by atoms with Gasteiger partial charge in [-0.25, -0.2) is 0 Å². The third-order valence-electron chi connectivity index (χ3n) is 4.05. The Hall–Kier alpha value is -0.610. The summed E-state index contributed by atoms with van der Waals surface area (Å²) in [5.41, 5.74) is 5.17. The van der Waals surface area contributed by atoms with E-state index in [4.69, 9.17) is 5.73 Å². The van der Waals surface area contributed by atoms with Gasteiger partial charge >= 0.3 is 0 Å². The van der Waals surface area contributed by atoms with Gasteiger partial charge in [0.15, 0.2) is 0 Å². The highest BCUT2D eigenvalue weighted by Gasteiger charge is 2.45. The second-order valence-electron chi connectivity index (χ2n) is 6.62. The average Bonchev–Trinajstić information content (AvgIpc) is 2.70. The van der Waals surface area contributed by atoms with Crippen molar-refractivity contribution in [2.45, 2.75) is 71.5 Å². The van der Waals surface area contributed by atoms with Gasteiger partial charge in [-0.2, -0.15) is 0 Å². The monoisotopic (exact) mass is 269 g/mol. The molecule has 1 saturated carbocycles. The number of hydrogen-bond acceptors (Lipinski definition) is 3. The van der Waals surface area contributed by atoms with Gasteiger partial charge in [0, 0.05) is 18.6 Å². The summed E-state index contributed by atoms with van der Waals surface area (Å²) < 4.78 is 0. The zero-order valence-corrected chi connectivity index (χ0v) is 13.2. The van der Waals surface area contributed by atoms with E-state index < -0.39 is 5.54 Å². The van der Waals surface area contributed by atoms with Gasteiger partial charge in [0.1, 0.15) is 0 Å². The van der Waals surface area contributed by atoms with Gasteiger partial charge in [0.05, 0.1) is 5.54 Å². The molecule has 0 bridgehead atoms. The molecule has 1 amide bonds. The van der Waals surface area contributed by atoms with E-state index in [0.29, 0.717) is 12.0 Å². The van der Waals surface area contributed by atoms with Crippen molar-refractivity contribution >= 4 is 5.91 Å². The van der Waals surface area contributed by atoms with Gasteiger partial charge in [0.25, 0.3) is 0 Å². The lowest BCUT2D eigenvalue weighted by Gasteiger charge is -2.33. The van der Waals surface area contributed by atoms with Crippen LogP contribution < -0.4 is 11.1 Å². The predicted molar refractivity (Wildman–Crippen MR) is 79.9 cm³/mol. The van der Waals surface area contributed by atoms with Crippen LogP contribution in [0.25, 0.3) is 0 Å². The van der Waals surface area contributed by atoms with E-state index in [9.17, 15) is 4.79 Å². The number of rotatable bonds is 7. The van der Waals surface area contributed by atoms with Crippen LogP contribution in [0.2, 0.25) is 0 Å². The van der Waals surface area contributed by atoms with E-state index >= 15 is 0 Å². The van der Waals surface area contributed by atoms with Crippen molar-refractivity contribution in [3.8, 4) is 0 Å². The quantitative estimate of drug-likeness (QED) is 0.740. The third-order valence-corrected chi connectivity index (χ3v) is 4.05. The van der Waals surface area contributed by atoms with Crippen LogP contribution in [0.3, 0.4) is 0 Å². The van der Waals surface area contributed by atoms with Crippen molar-refractivity contribution < 1.29 is 4.79 Å². The summed E-state index contributed by atoms with van der Waals surface area (Å²) in [6, 6.07) is 0.762. The first kappa shape index (κ1) is 16.4. The summed E-state index contributed by atoms with van der Waals surface area (Å²) in [7, 11) is 0. The fourth-order valence-corrected chi connectivity index (χ4v) is 3.32. The van der Waals surface area contributed by atoms with E-state index in [2.05, 4.69) is 44.8 Å². The molecular formula is C15H31N3O. The smallest absolute Gasteiger partial charge is 0.237 e. The fraction of sp³-hybridized carbons (Fsp3) is 0.933. The molecule has 19 heavy (non-hydrogen) atoms. The van der Waals surface area contributed by atoms with Gasteiger partial charge < -0.3 is 16.0 Å². The molecule has 0 spiro atoms. The molecule has 0 saturated heterocycles. The first-order chi connectivity index (χ1) is 8.80. The van der Waals surface area contributed by atoms with Crippen molar-refractivity contribution in [2.24, 2.45) is 11.7 Å². The minimum Gasteiger partial charge on any atom is -0.368 e. The maximum absolute atomic E-state index is 11.9. The summed E-state index contributed by atoms with van der Waals surface area (Å²) in [6.45, 7) is 13.0. The second-order valence-corrected chi connectivity index (χ2v) is 6.62. The number of carbonyl (C=O) groups excluding carboxylic acids is 1. The number of carbonyl (C=O) groups is 1. The SMILES string of the molecule is CCN(CC(C)C)C1CCC(NC(C)C)(C(N)=O)C1. The number of hydrogen-bond donors (Lipinski definition) is 2. The van der Waals surface area contributed by atoms with Crippen LogP contribution in [0.4, 0.5) is 0 Å². The highest BCUT2D eigenvalue weighted by molar-refractivity contribution is 5.85. The molecule has 1 aliphatic carbocycles. The predicted octanol–water partition coefficient (Wildman–Crippen LogP) is 1.74. The molecular weight excluding hydrogens is 238 g/mol. The van der Waals surface area contributed by atoms with Crippen LogP contribution in [0.15, 0.2) is 0 Å². The lowest BCUT2D eigenvalue weighted by molar-refractivity contribution is -0.124. The summed E-state index contributed by atoms with van der Waals surface area (Å²) in [5.74, 6) is 0.464. The molecule has 4 heteroatoms. The van der Waals surface area contributed by atoms with Crippen molar-refractivity contribution in [3.63, 3.8) is 0 Å². The summed E-state index contributed by atoms with van der Waals surface area (Å²) in [4.78, 5) is 14.4. The minimum absolute atomic E-state index is 0.190. The first-order valence-electron chi connectivity index (χ1n) is 7.62. The number of nitrogens with one attached hydrogen (secondary N) is 1. The van der Waals surface area contributed by atoms with E-state index in [1.165, 1.54) is 0 Å². The molecule has 3 N–H and O–H groups in total. The van der Waals surface area contributed by atoms with E-state index in [1.54, 1.807) is 0 Å². The Labute approximate surface area is 118 Å². The number of primary amides is 1. The number of nitrogens with two attached hydrogens (primary N) is 1. The Balaban J connectivity index is 2.74. The minimum atomic E-state index is -0.497. The Kier molecular flexibility index (Phi) is 5.81. The number of nitrogens with zero attached hydrogens (tertiary/aromatic N) is 1. The Morgan fingerprint density at radius 3 is 2.47 bits per heavy atom. The maximum Gasteiger partial charge on any atom is 0.237 e. The Morgan fingerprint density at radius 2 is 2.05 bits per heavy atom. The van der Waals surface area contributed by atoms with Crippen LogP contribution in [0.5, 0.6) is 0 Å². The van der Waals surface area contributed by atoms with Crippen LogP contribution >= 0.6 is 0 Å². The fourth-order valence-electron chi connectivity index (χ4n) is 3.32. The van der Waals surface area contributed by atoms with Gasteiger partial charge in [0.2, 0.25) is 5.91 Å². The van der Waals surface area contributed by atoms with Crippen LogP contribution in [-0.4, -0.2) is 41.5 Å². The largest absolute Gasteiger partial charge is 0.368 e. The van der Waals surface area contributed by atoms with Crippen LogP contribution in [0.1, 0.15) is 53.9 Å². The van der Waals surface area contributed by atoms with E-state index in [-0.39, 0.29) is 11.9 Å². The normalized spacial score (nSPS) is 27.7. The highest BCUT2D eigenvalue weighted by atomic mass is 16.1. The molecule has 1 rings (SSSR count). The van der Waals surface area contributed by atoms with Crippen LogP contribution in [-0.2, 0) is 4.79 Å². The lowest BCUT2D eigenvalue weighted by Crippen LogP contribution is -2.56. The molecule has 0 aliphatic heterocycles. The highest BCUT2D eigenvalue weighted by Crippen LogP contribution is 2.33. The molecule has 112 valence electrons.